The van der Waals surface area contributed by atoms with E-state index in [-0.39, 0.29) is 0 Å². The van der Waals surface area contributed by atoms with E-state index in [1.54, 1.807) is 44.9 Å². The third-order valence-corrected chi connectivity index (χ3v) is 3.32. The Balaban J connectivity index is 2.74. The summed E-state index contributed by atoms with van der Waals surface area (Å²) in [6.07, 6.45) is 3.22. The molecule has 0 saturated heterocycles. The van der Waals surface area contributed by atoms with Crippen LogP contribution in [-0.4, -0.2) is 30.4 Å². The van der Waals surface area contributed by atoms with Gasteiger partial charge in [0.05, 0.1) is 17.8 Å². The van der Waals surface area contributed by atoms with Crippen molar-refractivity contribution in [2.75, 3.05) is 0 Å². The predicted molar refractivity (Wildman–Crippen MR) is 72.1 cm³/mol. The molecule has 2 aromatic heterocycles. The molecule has 1 atom stereocenters. The molecule has 0 aliphatic carbocycles. The molecule has 0 fully saturated rings. The first-order valence-electron chi connectivity index (χ1n) is 6.15. The van der Waals surface area contributed by atoms with Crippen molar-refractivity contribution in [2.45, 2.75) is 26.7 Å². The molecule has 2 aromatic rings. The highest BCUT2D eigenvalue weighted by molar-refractivity contribution is 5.76. The van der Waals surface area contributed by atoms with Gasteiger partial charge in [0.25, 0.3) is 0 Å². The molecular weight excluding hydrogens is 260 g/mol. The fourth-order valence-corrected chi connectivity index (χ4v) is 2.36. The van der Waals surface area contributed by atoms with Crippen molar-refractivity contribution in [3.8, 4) is 5.69 Å². The van der Waals surface area contributed by atoms with E-state index >= 15 is 0 Å². The Hall–Kier alpha value is -2.44. The van der Waals surface area contributed by atoms with Gasteiger partial charge in [-0.1, -0.05) is 0 Å². The SMILES string of the molecule is Cc1nc(=O)n(-c2cnn(C)c2)c(C)c1C(C)C(=O)O. The third-order valence-electron chi connectivity index (χ3n) is 3.32. The average molecular weight is 276 g/mol. The van der Waals surface area contributed by atoms with Crippen LogP contribution in [0.1, 0.15) is 29.8 Å². The number of aromatic nitrogens is 4. The van der Waals surface area contributed by atoms with Crippen molar-refractivity contribution in [3.05, 3.63) is 39.8 Å². The molecule has 7 heteroatoms. The minimum atomic E-state index is -0.950. The zero-order valence-electron chi connectivity index (χ0n) is 11.8. The zero-order chi connectivity index (χ0) is 15.0. The first-order valence-corrected chi connectivity index (χ1v) is 6.15. The Labute approximate surface area is 115 Å². The van der Waals surface area contributed by atoms with E-state index in [2.05, 4.69) is 10.1 Å². The molecule has 2 heterocycles. The van der Waals surface area contributed by atoms with E-state index in [4.69, 9.17) is 0 Å². The van der Waals surface area contributed by atoms with Gasteiger partial charge in [-0.25, -0.2) is 4.79 Å². The van der Waals surface area contributed by atoms with Crippen LogP contribution in [-0.2, 0) is 11.8 Å². The van der Waals surface area contributed by atoms with Gasteiger partial charge in [0.1, 0.15) is 0 Å². The highest BCUT2D eigenvalue weighted by atomic mass is 16.4. The number of hydrogen-bond donors (Lipinski definition) is 1. The molecule has 0 amide bonds. The summed E-state index contributed by atoms with van der Waals surface area (Å²) in [5, 5.41) is 13.2. The Morgan fingerprint density at radius 3 is 2.55 bits per heavy atom. The van der Waals surface area contributed by atoms with E-state index in [1.165, 1.54) is 4.57 Å². The number of carboxylic acid groups (broad SMARTS) is 1. The van der Waals surface area contributed by atoms with Crippen LogP contribution >= 0.6 is 0 Å². The zero-order valence-corrected chi connectivity index (χ0v) is 11.8. The number of aryl methyl sites for hydroxylation is 2. The summed E-state index contributed by atoms with van der Waals surface area (Å²) in [4.78, 5) is 27.2. The number of carboxylic acids is 1. The summed E-state index contributed by atoms with van der Waals surface area (Å²) in [5.41, 5.74) is 1.71. The van der Waals surface area contributed by atoms with Gasteiger partial charge in [0.15, 0.2) is 0 Å². The third kappa shape index (κ3) is 2.22. The average Bonchev–Trinajstić information content (AvgIpc) is 2.74. The molecule has 0 spiro atoms. The number of nitrogens with zero attached hydrogens (tertiary/aromatic N) is 4. The second-order valence-corrected chi connectivity index (χ2v) is 4.75. The number of hydrogen-bond acceptors (Lipinski definition) is 4. The van der Waals surface area contributed by atoms with Gasteiger partial charge in [-0.15, -0.1) is 0 Å². The van der Waals surface area contributed by atoms with E-state index in [9.17, 15) is 14.7 Å². The van der Waals surface area contributed by atoms with Crippen molar-refractivity contribution < 1.29 is 9.90 Å². The molecule has 1 unspecified atom stereocenters. The first-order chi connectivity index (χ1) is 9.32. The fourth-order valence-electron chi connectivity index (χ4n) is 2.36. The van der Waals surface area contributed by atoms with E-state index in [1.807, 2.05) is 0 Å². The first kappa shape index (κ1) is 14.0. The quantitative estimate of drug-likeness (QED) is 0.894. The van der Waals surface area contributed by atoms with Crippen molar-refractivity contribution in [1.29, 1.82) is 0 Å². The Morgan fingerprint density at radius 1 is 1.40 bits per heavy atom. The van der Waals surface area contributed by atoms with Gasteiger partial charge in [0, 0.05) is 30.2 Å². The smallest absolute Gasteiger partial charge is 0.352 e. The highest BCUT2D eigenvalue weighted by Crippen LogP contribution is 2.22. The van der Waals surface area contributed by atoms with Gasteiger partial charge >= 0.3 is 11.7 Å². The summed E-state index contributed by atoms with van der Waals surface area (Å²) in [7, 11) is 1.74. The number of rotatable bonds is 3. The predicted octanol–water partition coefficient (Wildman–Crippen LogP) is 0.771. The minimum absolute atomic E-state index is 0.436. The summed E-state index contributed by atoms with van der Waals surface area (Å²) in [6.45, 7) is 4.95. The molecule has 0 bridgehead atoms. The highest BCUT2D eigenvalue weighted by Gasteiger charge is 2.22. The second-order valence-electron chi connectivity index (χ2n) is 4.75. The van der Waals surface area contributed by atoms with Crippen LogP contribution in [0, 0.1) is 13.8 Å². The topological polar surface area (TPSA) is 90.0 Å². The lowest BCUT2D eigenvalue weighted by Crippen LogP contribution is -2.28. The second kappa shape index (κ2) is 4.92. The standard InChI is InChI=1S/C13H16N4O3/c1-7(12(18)19)11-8(2)15-13(20)17(9(11)3)10-5-14-16(4)6-10/h5-7H,1-4H3,(H,18,19). The van der Waals surface area contributed by atoms with Crippen molar-refractivity contribution in [1.82, 2.24) is 19.3 Å². The lowest BCUT2D eigenvalue weighted by molar-refractivity contribution is -0.138. The molecule has 2 rings (SSSR count). The van der Waals surface area contributed by atoms with Crippen molar-refractivity contribution >= 4 is 5.97 Å². The largest absolute Gasteiger partial charge is 0.481 e. The van der Waals surface area contributed by atoms with Crippen LogP contribution in [0.2, 0.25) is 0 Å². The maximum absolute atomic E-state index is 12.1. The van der Waals surface area contributed by atoms with E-state index < -0.39 is 17.6 Å². The van der Waals surface area contributed by atoms with E-state index in [0.29, 0.717) is 22.6 Å². The Kier molecular flexibility index (Phi) is 3.44. The van der Waals surface area contributed by atoms with Crippen LogP contribution in [0.15, 0.2) is 17.2 Å². The maximum Gasteiger partial charge on any atom is 0.352 e. The summed E-state index contributed by atoms with van der Waals surface area (Å²) in [6, 6.07) is 0. The van der Waals surface area contributed by atoms with Crippen molar-refractivity contribution in [3.63, 3.8) is 0 Å². The van der Waals surface area contributed by atoms with Gasteiger partial charge in [-0.05, 0) is 20.8 Å². The maximum atomic E-state index is 12.1. The van der Waals surface area contributed by atoms with Crippen LogP contribution in [0.3, 0.4) is 0 Å². The number of aliphatic carboxylic acids is 1. The monoisotopic (exact) mass is 276 g/mol. The van der Waals surface area contributed by atoms with Crippen LogP contribution in [0.5, 0.6) is 0 Å². The van der Waals surface area contributed by atoms with Crippen LogP contribution < -0.4 is 5.69 Å². The van der Waals surface area contributed by atoms with Gasteiger partial charge < -0.3 is 5.11 Å². The summed E-state index contributed by atoms with van der Waals surface area (Å²) in [5.74, 6) is -1.68. The lowest BCUT2D eigenvalue weighted by atomic mass is 9.98. The fraction of sp³-hybridized carbons (Fsp3) is 0.385. The van der Waals surface area contributed by atoms with Crippen LogP contribution in [0.25, 0.3) is 5.69 Å². The molecule has 20 heavy (non-hydrogen) atoms. The van der Waals surface area contributed by atoms with Crippen LogP contribution in [0.4, 0.5) is 0 Å². The van der Waals surface area contributed by atoms with Gasteiger partial charge in [-0.2, -0.15) is 10.1 Å². The van der Waals surface area contributed by atoms with E-state index in [0.717, 1.165) is 0 Å². The molecule has 1 N–H and O–H groups in total. The molecule has 0 radical (unpaired) electrons. The van der Waals surface area contributed by atoms with Gasteiger partial charge in [0.2, 0.25) is 0 Å². The number of carbonyl (C=O) groups is 1. The molecule has 0 saturated carbocycles. The Morgan fingerprint density at radius 2 is 2.05 bits per heavy atom. The molecule has 0 aliphatic heterocycles. The molecule has 106 valence electrons. The lowest BCUT2D eigenvalue weighted by Gasteiger charge is -2.16. The minimum Gasteiger partial charge on any atom is -0.481 e. The molecule has 7 nitrogen and oxygen atoms in total. The Bertz CT molecular complexity index is 730. The van der Waals surface area contributed by atoms with Gasteiger partial charge in [-0.3, -0.25) is 14.0 Å². The molecule has 0 aliphatic rings. The molecular formula is C13H16N4O3. The summed E-state index contributed by atoms with van der Waals surface area (Å²) >= 11 is 0. The normalized spacial score (nSPS) is 12.4. The molecule has 0 aromatic carbocycles. The van der Waals surface area contributed by atoms with Crippen molar-refractivity contribution in [2.24, 2.45) is 7.05 Å². The summed E-state index contributed by atoms with van der Waals surface area (Å²) < 4.78 is 2.95.